The van der Waals surface area contributed by atoms with E-state index in [4.69, 9.17) is 0 Å². The van der Waals surface area contributed by atoms with Crippen LogP contribution in [0.2, 0.25) is 0 Å². The SMILES string of the molecule is CC(=O)N1CCCN(C(=O)Nc2ccc(C(=O)NC(C)C)cc2)CC1. The van der Waals surface area contributed by atoms with Gasteiger partial charge in [-0.05, 0) is 44.5 Å². The Balaban J connectivity index is 1.92. The Hall–Kier alpha value is -2.57. The van der Waals surface area contributed by atoms with Gasteiger partial charge < -0.3 is 20.4 Å². The van der Waals surface area contributed by atoms with Crippen LogP contribution in [0.4, 0.5) is 10.5 Å². The lowest BCUT2D eigenvalue weighted by molar-refractivity contribution is -0.128. The van der Waals surface area contributed by atoms with Crippen LogP contribution in [0, 0.1) is 0 Å². The minimum atomic E-state index is -0.190. The van der Waals surface area contributed by atoms with Crippen molar-refractivity contribution < 1.29 is 14.4 Å². The van der Waals surface area contributed by atoms with Crippen molar-refractivity contribution in [3.05, 3.63) is 29.8 Å². The molecule has 1 aliphatic rings. The van der Waals surface area contributed by atoms with Crippen molar-refractivity contribution in [2.45, 2.75) is 33.2 Å². The highest BCUT2D eigenvalue weighted by Gasteiger charge is 2.20. The smallest absolute Gasteiger partial charge is 0.321 e. The van der Waals surface area contributed by atoms with Crippen LogP contribution < -0.4 is 10.6 Å². The number of amides is 4. The van der Waals surface area contributed by atoms with Gasteiger partial charge in [0.05, 0.1) is 0 Å². The summed E-state index contributed by atoms with van der Waals surface area (Å²) in [4.78, 5) is 39.2. The Bertz CT molecular complexity index is 628. The molecular formula is C18H26N4O3. The van der Waals surface area contributed by atoms with Crippen LogP contribution in [0.15, 0.2) is 24.3 Å². The van der Waals surface area contributed by atoms with Gasteiger partial charge in [-0.3, -0.25) is 9.59 Å². The summed E-state index contributed by atoms with van der Waals surface area (Å²) in [6, 6.07) is 6.69. The number of carbonyl (C=O) groups is 3. The number of hydrogen-bond donors (Lipinski definition) is 2. The molecule has 4 amide bonds. The molecule has 0 aliphatic carbocycles. The summed E-state index contributed by atoms with van der Waals surface area (Å²) in [6.07, 6.45) is 0.765. The van der Waals surface area contributed by atoms with Crippen LogP contribution in [0.3, 0.4) is 0 Å². The average Bonchev–Trinajstić information content (AvgIpc) is 2.81. The third-order valence-electron chi connectivity index (χ3n) is 4.05. The number of urea groups is 1. The second-order valence-corrected chi connectivity index (χ2v) is 6.48. The van der Waals surface area contributed by atoms with Gasteiger partial charge in [-0.1, -0.05) is 0 Å². The van der Waals surface area contributed by atoms with Crippen molar-refractivity contribution in [1.29, 1.82) is 0 Å². The van der Waals surface area contributed by atoms with Crippen molar-refractivity contribution in [2.24, 2.45) is 0 Å². The highest BCUT2D eigenvalue weighted by molar-refractivity contribution is 5.95. The number of nitrogens with one attached hydrogen (secondary N) is 2. The molecule has 0 unspecified atom stereocenters. The van der Waals surface area contributed by atoms with Crippen molar-refractivity contribution >= 4 is 23.5 Å². The Kier molecular flexibility index (Phi) is 6.38. The van der Waals surface area contributed by atoms with Gasteiger partial charge in [-0.25, -0.2) is 4.79 Å². The second kappa shape index (κ2) is 8.50. The lowest BCUT2D eigenvalue weighted by atomic mass is 10.2. The maximum Gasteiger partial charge on any atom is 0.321 e. The molecule has 0 aromatic heterocycles. The quantitative estimate of drug-likeness (QED) is 0.877. The first-order chi connectivity index (χ1) is 11.9. The third kappa shape index (κ3) is 5.48. The lowest BCUT2D eigenvalue weighted by Crippen LogP contribution is -2.38. The Morgan fingerprint density at radius 1 is 0.960 bits per heavy atom. The third-order valence-corrected chi connectivity index (χ3v) is 4.05. The van der Waals surface area contributed by atoms with Gasteiger partial charge in [0, 0.05) is 50.4 Å². The lowest BCUT2D eigenvalue weighted by Gasteiger charge is -2.21. The molecule has 2 rings (SSSR count). The zero-order chi connectivity index (χ0) is 18.4. The van der Waals surface area contributed by atoms with Crippen LogP contribution in [0.25, 0.3) is 0 Å². The number of carbonyl (C=O) groups excluding carboxylic acids is 3. The first-order valence-electron chi connectivity index (χ1n) is 8.59. The maximum absolute atomic E-state index is 12.4. The molecule has 0 spiro atoms. The molecule has 0 saturated carbocycles. The fraction of sp³-hybridized carbons (Fsp3) is 0.500. The van der Waals surface area contributed by atoms with Crippen molar-refractivity contribution in [1.82, 2.24) is 15.1 Å². The fourth-order valence-electron chi connectivity index (χ4n) is 2.69. The van der Waals surface area contributed by atoms with E-state index in [0.29, 0.717) is 37.4 Å². The molecule has 1 heterocycles. The van der Waals surface area contributed by atoms with E-state index < -0.39 is 0 Å². The largest absolute Gasteiger partial charge is 0.350 e. The summed E-state index contributed by atoms with van der Waals surface area (Å²) in [5.74, 6) is -0.0951. The van der Waals surface area contributed by atoms with Gasteiger partial charge in [0.2, 0.25) is 5.91 Å². The maximum atomic E-state index is 12.4. The van der Waals surface area contributed by atoms with Crippen molar-refractivity contribution in [3.63, 3.8) is 0 Å². The molecular weight excluding hydrogens is 320 g/mol. The van der Waals surface area contributed by atoms with Crippen LogP contribution in [0.5, 0.6) is 0 Å². The molecule has 1 saturated heterocycles. The first kappa shape index (κ1) is 18.8. The Morgan fingerprint density at radius 2 is 1.56 bits per heavy atom. The summed E-state index contributed by atoms with van der Waals surface area (Å²) in [5.41, 5.74) is 1.19. The number of rotatable bonds is 3. The van der Waals surface area contributed by atoms with Gasteiger partial charge in [-0.15, -0.1) is 0 Å². The summed E-state index contributed by atoms with van der Waals surface area (Å²) in [6.45, 7) is 7.72. The summed E-state index contributed by atoms with van der Waals surface area (Å²) in [7, 11) is 0. The first-order valence-corrected chi connectivity index (χ1v) is 8.59. The van der Waals surface area contributed by atoms with Gasteiger partial charge in [0.1, 0.15) is 0 Å². The number of anilines is 1. The van der Waals surface area contributed by atoms with Crippen LogP contribution in [-0.2, 0) is 4.79 Å². The van der Waals surface area contributed by atoms with E-state index in [1.165, 1.54) is 0 Å². The van der Waals surface area contributed by atoms with E-state index in [1.807, 2.05) is 13.8 Å². The molecule has 7 heteroatoms. The number of hydrogen-bond acceptors (Lipinski definition) is 3. The summed E-state index contributed by atoms with van der Waals surface area (Å²) >= 11 is 0. The van der Waals surface area contributed by atoms with Gasteiger partial charge in [-0.2, -0.15) is 0 Å². The van der Waals surface area contributed by atoms with Crippen LogP contribution in [-0.4, -0.2) is 59.9 Å². The van der Waals surface area contributed by atoms with Crippen LogP contribution >= 0.6 is 0 Å². The summed E-state index contributed by atoms with van der Waals surface area (Å²) < 4.78 is 0. The van der Waals surface area contributed by atoms with E-state index in [2.05, 4.69) is 10.6 Å². The molecule has 1 aliphatic heterocycles. The predicted octanol–water partition coefficient (Wildman–Crippen LogP) is 1.91. The molecule has 0 radical (unpaired) electrons. The van der Waals surface area contributed by atoms with Gasteiger partial charge in [0.25, 0.3) is 5.91 Å². The molecule has 2 N–H and O–H groups in total. The Labute approximate surface area is 148 Å². The molecule has 1 aromatic rings. The van der Waals surface area contributed by atoms with Crippen molar-refractivity contribution in [3.8, 4) is 0 Å². The fourth-order valence-corrected chi connectivity index (χ4v) is 2.69. The predicted molar refractivity (Wildman–Crippen MR) is 96.5 cm³/mol. The second-order valence-electron chi connectivity index (χ2n) is 6.48. The van der Waals surface area contributed by atoms with E-state index in [-0.39, 0.29) is 23.9 Å². The molecule has 1 fully saturated rings. The highest BCUT2D eigenvalue weighted by Crippen LogP contribution is 2.12. The van der Waals surface area contributed by atoms with Gasteiger partial charge >= 0.3 is 6.03 Å². The monoisotopic (exact) mass is 346 g/mol. The standard InChI is InChI=1S/C18H26N4O3/c1-13(2)19-17(24)15-5-7-16(8-6-15)20-18(25)22-10-4-9-21(11-12-22)14(3)23/h5-8,13H,4,9-12H2,1-3H3,(H,19,24)(H,20,25). The number of benzene rings is 1. The molecule has 0 bridgehead atoms. The summed E-state index contributed by atoms with van der Waals surface area (Å²) in [5, 5.41) is 5.67. The minimum Gasteiger partial charge on any atom is -0.350 e. The number of nitrogens with zero attached hydrogens (tertiary/aromatic N) is 2. The molecule has 25 heavy (non-hydrogen) atoms. The molecule has 7 nitrogen and oxygen atoms in total. The molecule has 0 atom stereocenters. The average molecular weight is 346 g/mol. The molecule has 136 valence electrons. The topological polar surface area (TPSA) is 81.8 Å². The van der Waals surface area contributed by atoms with E-state index in [0.717, 1.165) is 6.42 Å². The van der Waals surface area contributed by atoms with Crippen LogP contribution in [0.1, 0.15) is 37.6 Å². The van der Waals surface area contributed by atoms with E-state index in [9.17, 15) is 14.4 Å². The zero-order valence-corrected chi connectivity index (χ0v) is 15.0. The van der Waals surface area contributed by atoms with E-state index >= 15 is 0 Å². The normalized spacial score (nSPS) is 14.9. The minimum absolute atomic E-state index is 0.0394. The molecule has 1 aromatic carbocycles. The van der Waals surface area contributed by atoms with Crippen molar-refractivity contribution in [2.75, 3.05) is 31.5 Å². The zero-order valence-electron chi connectivity index (χ0n) is 15.0. The highest BCUT2D eigenvalue weighted by atomic mass is 16.2. The Morgan fingerprint density at radius 3 is 2.16 bits per heavy atom. The van der Waals surface area contributed by atoms with Gasteiger partial charge in [0.15, 0.2) is 0 Å². The van der Waals surface area contributed by atoms with E-state index in [1.54, 1.807) is 41.0 Å².